The van der Waals surface area contributed by atoms with E-state index in [-0.39, 0.29) is 30.4 Å². The van der Waals surface area contributed by atoms with Crippen LogP contribution >= 0.6 is 0 Å². The van der Waals surface area contributed by atoms with Gasteiger partial charge in [-0.2, -0.15) is 5.10 Å². The first-order valence-corrected chi connectivity index (χ1v) is 8.36. The van der Waals surface area contributed by atoms with Crippen LogP contribution in [-0.4, -0.2) is 39.7 Å². The minimum absolute atomic E-state index is 0.0883. The summed E-state index contributed by atoms with van der Waals surface area (Å²) in [5.41, 5.74) is 1.01. The molecule has 3 aromatic rings. The van der Waals surface area contributed by atoms with Crippen molar-refractivity contribution >= 4 is 17.3 Å². The lowest BCUT2D eigenvalue weighted by Gasteiger charge is -2.07. The molecule has 2 aromatic carbocycles. The molecule has 0 spiro atoms. The van der Waals surface area contributed by atoms with Crippen LogP contribution in [0.4, 0.5) is 11.4 Å². The number of nitrogens with zero attached hydrogens (tertiary/aromatic N) is 3. The van der Waals surface area contributed by atoms with Crippen LogP contribution < -0.4 is 15.4 Å². The van der Waals surface area contributed by atoms with Crippen LogP contribution in [0.25, 0.3) is 11.4 Å². The van der Waals surface area contributed by atoms with Crippen LogP contribution in [-0.2, 0) is 11.3 Å². The molecule has 0 atom stereocenters. The largest absolute Gasteiger partial charge is 0.497 e. The van der Waals surface area contributed by atoms with Gasteiger partial charge in [0, 0.05) is 11.6 Å². The Kier molecular flexibility index (Phi) is 5.80. The van der Waals surface area contributed by atoms with Gasteiger partial charge in [-0.25, -0.2) is 4.98 Å². The third-order valence-electron chi connectivity index (χ3n) is 3.87. The summed E-state index contributed by atoms with van der Waals surface area (Å²) >= 11 is 0. The summed E-state index contributed by atoms with van der Waals surface area (Å²) in [6, 6.07) is 13.4. The molecule has 0 aliphatic heterocycles. The van der Waals surface area contributed by atoms with Gasteiger partial charge in [0.1, 0.15) is 17.3 Å². The molecule has 28 heavy (non-hydrogen) atoms. The second-order valence-corrected chi connectivity index (χ2v) is 5.74. The van der Waals surface area contributed by atoms with Crippen LogP contribution in [0.5, 0.6) is 5.75 Å². The number of rotatable bonds is 8. The first kappa shape index (κ1) is 18.8. The van der Waals surface area contributed by atoms with Gasteiger partial charge in [-0.15, -0.1) is 0 Å². The lowest BCUT2D eigenvalue weighted by Crippen LogP contribution is -2.29. The van der Waals surface area contributed by atoms with Crippen molar-refractivity contribution in [1.29, 1.82) is 0 Å². The highest BCUT2D eigenvalue weighted by Crippen LogP contribution is 2.22. The van der Waals surface area contributed by atoms with Crippen molar-refractivity contribution in [3.05, 3.63) is 64.5 Å². The molecule has 3 N–H and O–H groups in total. The number of H-pyrrole nitrogens is 1. The number of carbonyl (C=O) groups excluding carboxylic acids is 1. The molecule has 1 amide bonds. The molecule has 10 heteroatoms. The zero-order chi connectivity index (χ0) is 19.9. The summed E-state index contributed by atoms with van der Waals surface area (Å²) in [6.45, 7) is 0.0465. The van der Waals surface area contributed by atoms with Gasteiger partial charge in [0.2, 0.25) is 5.91 Å². The lowest BCUT2D eigenvalue weighted by molar-refractivity contribution is -0.383. The molecular formula is C18H18N6O4. The third-order valence-corrected chi connectivity index (χ3v) is 3.87. The van der Waals surface area contributed by atoms with Gasteiger partial charge in [0.15, 0.2) is 5.82 Å². The van der Waals surface area contributed by atoms with E-state index < -0.39 is 4.92 Å². The Hall–Kier alpha value is -3.95. The number of anilines is 1. The van der Waals surface area contributed by atoms with E-state index in [0.717, 1.165) is 11.3 Å². The Morgan fingerprint density at radius 3 is 2.68 bits per heavy atom. The SMILES string of the molecule is COc1ccc(-c2n[nH]c(CNC(=O)CNc3ccccc3[N+](=O)[O-])n2)cc1. The molecule has 0 bridgehead atoms. The molecule has 0 radical (unpaired) electrons. The van der Waals surface area contributed by atoms with Crippen molar-refractivity contribution in [3.63, 3.8) is 0 Å². The number of amides is 1. The normalized spacial score (nSPS) is 10.3. The average Bonchev–Trinajstić information content (AvgIpc) is 3.20. The fourth-order valence-electron chi connectivity index (χ4n) is 2.45. The molecule has 3 rings (SSSR count). The maximum Gasteiger partial charge on any atom is 0.292 e. The van der Waals surface area contributed by atoms with Crippen molar-refractivity contribution in [2.24, 2.45) is 0 Å². The van der Waals surface area contributed by atoms with Gasteiger partial charge in [-0.05, 0) is 30.3 Å². The maximum absolute atomic E-state index is 12.0. The summed E-state index contributed by atoms with van der Waals surface area (Å²) in [5.74, 6) is 1.40. The Labute approximate surface area is 160 Å². The van der Waals surface area contributed by atoms with E-state index in [4.69, 9.17) is 4.74 Å². The highest BCUT2D eigenvalue weighted by molar-refractivity contribution is 5.81. The van der Waals surface area contributed by atoms with Crippen molar-refractivity contribution in [2.45, 2.75) is 6.54 Å². The predicted molar refractivity (Wildman–Crippen MR) is 102 cm³/mol. The zero-order valence-corrected chi connectivity index (χ0v) is 15.0. The molecule has 0 unspecified atom stereocenters. The summed E-state index contributed by atoms with van der Waals surface area (Å²) in [7, 11) is 1.59. The van der Waals surface area contributed by atoms with E-state index in [1.165, 1.54) is 6.07 Å². The molecule has 144 valence electrons. The summed E-state index contributed by atoms with van der Waals surface area (Å²) in [4.78, 5) is 26.8. The van der Waals surface area contributed by atoms with Crippen molar-refractivity contribution in [3.8, 4) is 17.1 Å². The Morgan fingerprint density at radius 2 is 1.96 bits per heavy atom. The highest BCUT2D eigenvalue weighted by Gasteiger charge is 2.13. The number of hydrogen-bond acceptors (Lipinski definition) is 7. The van der Waals surface area contributed by atoms with Crippen LogP contribution in [0.1, 0.15) is 5.82 Å². The Morgan fingerprint density at radius 1 is 1.21 bits per heavy atom. The average molecular weight is 382 g/mol. The van der Waals surface area contributed by atoms with Crippen molar-refractivity contribution in [1.82, 2.24) is 20.5 Å². The fourth-order valence-corrected chi connectivity index (χ4v) is 2.45. The van der Waals surface area contributed by atoms with Crippen LogP contribution in [0.3, 0.4) is 0 Å². The van der Waals surface area contributed by atoms with Crippen LogP contribution in [0.15, 0.2) is 48.5 Å². The van der Waals surface area contributed by atoms with Gasteiger partial charge in [-0.1, -0.05) is 12.1 Å². The maximum atomic E-state index is 12.0. The van der Waals surface area contributed by atoms with E-state index in [9.17, 15) is 14.9 Å². The number of aromatic nitrogens is 3. The summed E-state index contributed by atoms with van der Waals surface area (Å²) in [6.07, 6.45) is 0. The van der Waals surface area contributed by atoms with E-state index in [2.05, 4.69) is 25.8 Å². The number of benzene rings is 2. The molecule has 0 aliphatic carbocycles. The molecule has 1 aromatic heterocycles. The first-order valence-electron chi connectivity index (χ1n) is 8.36. The second-order valence-electron chi connectivity index (χ2n) is 5.74. The number of ether oxygens (including phenoxy) is 1. The number of nitro groups is 1. The number of aromatic amines is 1. The first-order chi connectivity index (χ1) is 13.6. The minimum atomic E-state index is -0.505. The number of carbonyl (C=O) groups is 1. The minimum Gasteiger partial charge on any atom is -0.497 e. The Bertz CT molecular complexity index is 970. The Balaban J connectivity index is 1.52. The quantitative estimate of drug-likeness (QED) is 0.401. The molecule has 0 saturated heterocycles. The third kappa shape index (κ3) is 4.61. The molecular weight excluding hydrogens is 364 g/mol. The lowest BCUT2D eigenvalue weighted by atomic mass is 10.2. The van der Waals surface area contributed by atoms with Gasteiger partial charge < -0.3 is 15.4 Å². The molecule has 0 saturated carbocycles. The fraction of sp³-hybridized carbons (Fsp3) is 0.167. The number of hydrogen-bond donors (Lipinski definition) is 3. The van der Waals surface area contributed by atoms with Crippen LogP contribution in [0.2, 0.25) is 0 Å². The van der Waals surface area contributed by atoms with E-state index in [0.29, 0.717) is 11.6 Å². The number of nitro benzene ring substituents is 1. The second kappa shape index (κ2) is 8.62. The monoisotopic (exact) mass is 382 g/mol. The van der Waals surface area contributed by atoms with Gasteiger partial charge in [0.25, 0.3) is 5.69 Å². The number of methoxy groups -OCH3 is 1. The summed E-state index contributed by atoms with van der Waals surface area (Å²) < 4.78 is 5.11. The van der Waals surface area contributed by atoms with Crippen molar-refractivity contribution in [2.75, 3.05) is 19.0 Å². The predicted octanol–water partition coefficient (Wildman–Crippen LogP) is 2.12. The van der Waals surface area contributed by atoms with Crippen LogP contribution in [0, 0.1) is 10.1 Å². The van der Waals surface area contributed by atoms with E-state index in [1.807, 2.05) is 24.3 Å². The summed E-state index contributed by atoms with van der Waals surface area (Å²) in [5, 5.41) is 23.3. The van der Waals surface area contributed by atoms with Gasteiger partial charge >= 0.3 is 0 Å². The smallest absolute Gasteiger partial charge is 0.292 e. The molecule has 10 nitrogen and oxygen atoms in total. The van der Waals surface area contributed by atoms with Crippen molar-refractivity contribution < 1.29 is 14.5 Å². The highest BCUT2D eigenvalue weighted by atomic mass is 16.6. The topological polar surface area (TPSA) is 135 Å². The molecule has 0 aliphatic rings. The molecule has 1 heterocycles. The zero-order valence-electron chi connectivity index (χ0n) is 15.0. The van der Waals surface area contributed by atoms with E-state index >= 15 is 0 Å². The van der Waals surface area contributed by atoms with Gasteiger partial charge in [-0.3, -0.25) is 20.0 Å². The van der Waals surface area contributed by atoms with Gasteiger partial charge in [0.05, 0.1) is 25.1 Å². The number of para-hydroxylation sites is 2. The number of nitrogens with one attached hydrogen (secondary N) is 3. The standard InChI is InChI=1S/C18H18N6O4/c1-28-13-8-6-12(7-9-13)18-21-16(22-23-18)10-20-17(25)11-19-14-4-2-3-5-15(14)24(26)27/h2-9,19H,10-11H2,1H3,(H,20,25)(H,21,22,23). The molecule has 0 fully saturated rings. The van der Waals surface area contributed by atoms with E-state index in [1.54, 1.807) is 25.3 Å².